The lowest BCUT2D eigenvalue weighted by atomic mass is 10.1. The number of hydrogen-bond acceptors (Lipinski definition) is 5. The Morgan fingerprint density at radius 1 is 1.00 bits per heavy atom. The zero-order valence-corrected chi connectivity index (χ0v) is 14.0. The van der Waals surface area contributed by atoms with Gasteiger partial charge in [-0.15, -0.1) is 0 Å². The molecule has 2 N–H and O–H groups in total. The average molecular weight is 337 g/mol. The van der Waals surface area contributed by atoms with E-state index in [1.54, 1.807) is 18.3 Å². The standard InChI is InChI=1S/C19H20FN5/c1-14-12-18(23-13-17-4-2-3-10-21-17)25-19(24-14)22-11-9-15-5-7-16(20)8-6-15/h2-8,10,12H,9,11,13H2,1H3,(H2,22,23,24,25). The van der Waals surface area contributed by atoms with Crippen LogP contribution in [0, 0.1) is 12.7 Å². The number of nitrogens with one attached hydrogen (secondary N) is 2. The second-order valence-corrected chi connectivity index (χ2v) is 5.70. The highest BCUT2D eigenvalue weighted by Crippen LogP contribution is 2.11. The van der Waals surface area contributed by atoms with E-state index in [-0.39, 0.29) is 5.82 Å². The number of nitrogens with zero attached hydrogens (tertiary/aromatic N) is 3. The first kappa shape index (κ1) is 16.8. The van der Waals surface area contributed by atoms with E-state index in [1.165, 1.54) is 12.1 Å². The summed E-state index contributed by atoms with van der Waals surface area (Å²) in [4.78, 5) is 13.1. The van der Waals surface area contributed by atoms with Crippen molar-refractivity contribution < 1.29 is 4.39 Å². The zero-order chi connectivity index (χ0) is 17.5. The first-order valence-electron chi connectivity index (χ1n) is 8.17. The number of aromatic nitrogens is 3. The van der Waals surface area contributed by atoms with Crippen LogP contribution in [0.3, 0.4) is 0 Å². The maximum atomic E-state index is 12.9. The highest BCUT2D eigenvalue weighted by atomic mass is 19.1. The summed E-state index contributed by atoms with van der Waals surface area (Å²) in [5, 5.41) is 6.48. The molecule has 3 rings (SSSR count). The molecule has 0 atom stereocenters. The van der Waals surface area contributed by atoms with Crippen molar-refractivity contribution in [3.05, 3.63) is 77.5 Å². The molecule has 0 saturated heterocycles. The quantitative estimate of drug-likeness (QED) is 0.690. The molecule has 5 nitrogen and oxygen atoms in total. The van der Waals surface area contributed by atoms with Gasteiger partial charge in [0, 0.05) is 24.5 Å². The molecule has 0 bridgehead atoms. The van der Waals surface area contributed by atoms with Gasteiger partial charge in [-0.3, -0.25) is 4.98 Å². The van der Waals surface area contributed by atoms with Gasteiger partial charge in [-0.05, 0) is 43.2 Å². The molecular weight excluding hydrogens is 317 g/mol. The van der Waals surface area contributed by atoms with E-state index in [1.807, 2.05) is 31.2 Å². The molecule has 25 heavy (non-hydrogen) atoms. The highest BCUT2D eigenvalue weighted by Gasteiger charge is 2.03. The van der Waals surface area contributed by atoms with Crippen LogP contribution in [-0.2, 0) is 13.0 Å². The number of benzene rings is 1. The summed E-state index contributed by atoms with van der Waals surface area (Å²) in [7, 11) is 0. The molecular formula is C19H20FN5. The molecule has 0 aliphatic rings. The largest absolute Gasteiger partial charge is 0.364 e. The van der Waals surface area contributed by atoms with Gasteiger partial charge in [-0.1, -0.05) is 18.2 Å². The summed E-state index contributed by atoms with van der Waals surface area (Å²) in [6, 6.07) is 14.2. The van der Waals surface area contributed by atoms with Crippen molar-refractivity contribution in [2.45, 2.75) is 19.9 Å². The van der Waals surface area contributed by atoms with Crippen molar-refractivity contribution in [3.8, 4) is 0 Å². The number of hydrogen-bond donors (Lipinski definition) is 2. The van der Waals surface area contributed by atoms with Gasteiger partial charge < -0.3 is 10.6 Å². The van der Waals surface area contributed by atoms with Crippen LogP contribution in [0.5, 0.6) is 0 Å². The Balaban J connectivity index is 1.56. The fraction of sp³-hybridized carbons (Fsp3) is 0.211. The predicted molar refractivity (Wildman–Crippen MR) is 96.9 cm³/mol. The first-order chi connectivity index (χ1) is 12.2. The lowest BCUT2D eigenvalue weighted by molar-refractivity contribution is 0.627. The Morgan fingerprint density at radius 3 is 2.60 bits per heavy atom. The molecule has 0 fully saturated rings. The van der Waals surface area contributed by atoms with E-state index in [0.717, 1.165) is 29.2 Å². The summed E-state index contributed by atoms with van der Waals surface area (Å²) >= 11 is 0. The van der Waals surface area contributed by atoms with Crippen molar-refractivity contribution in [2.24, 2.45) is 0 Å². The van der Waals surface area contributed by atoms with Crippen LogP contribution in [0.1, 0.15) is 17.0 Å². The van der Waals surface area contributed by atoms with Crippen LogP contribution in [0.2, 0.25) is 0 Å². The Kier molecular flexibility index (Phi) is 5.51. The normalized spacial score (nSPS) is 10.5. The van der Waals surface area contributed by atoms with Gasteiger partial charge >= 0.3 is 0 Å². The number of aryl methyl sites for hydroxylation is 1. The summed E-state index contributed by atoms with van der Waals surface area (Å²) in [6.45, 7) is 3.21. The Bertz CT molecular complexity index is 806. The fourth-order valence-electron chi connectivity index (χ4n) is 2.39. The van der Waals surface area contributed by atoms with E-state index in [2.05, 4.69) is 25.6 Å². The van der Waals surface area contributed by atoms with Gasteiger partial charge in [-0.2, -0.15) is 4.98 Å². The van der Waals surface area contributed by atoms with Crippen LogP contribution >= 0.6 is 0 Å². The molecule has 0 spiro atoms. The maximum Gasteiger partial charge on any atom is 0.224 e. The topological polar surface area (TPSA) is 62.7 Å². The molecule has 128 valence electrons. The molecule has 2 aromatic heterocycles. The lowest BCUT2D eigenvalue weighted by Crippen LogP contribution is -2.11. The van der Waals surface area contributed by atoms with Crippen LogP contribution < -0.4 is 10.6 Å². The van der Waals surface area contributed by atoms with Crippen molar-refractivity contribution >= 4 is 11.8 Å². The van der Waals surface area contributed by atoms with Gasteiger partial charge in [0.2, 0.25) is 5.95 Å². The van der Waals surface area contributed by atoms with E-state index < -0.39 is 0 Å². The molecule has 0 radical (unpaired) electrons. The summed E-state index contributed by atoms with van der Waals surface area (Å²) in [5.41, 5.74) is 2.89. The van der Waals surface area contributed by atoms with Crippen LogP contribution in [0.4, 0.5) is 16.2 Å². The minimum absolute atomic E-state index is 0.220. The number of pyridine rings is 1. The molecule has 6 heteroatoms. The van der Waals surface area contributed by atoms with Gasteiger partial charge in [-0.25, -0.2) is 9.37 Å². The Morgan fingerprint density at radius 2 is 1.84 bits per heavy atom. The van der Waals surface area contributed by atoms with Crippen LogP contribution in [0.25, 0.3) is 0 Å². The monoisotopic (exact) mass is 337 g/mol. The van der Waals surface area contributed by atoms with Gasteiger partial charge in [0.05, 0.1) is 12.2 Å². The smallest absolute Gasteiger partial charge is 0.224 e. The average Bonchev–Trinajstić information content (AvgIpc) is 2.62. The van der Waals surface area contributed by atoms with Crippen molar-refractivity contribution in [1.29, 1.82) is 0 Å². The molecule has 0 unspecified atom stereocenters. The SMILES string of the molecule is Cc1cc(NCc2ccccn2)nc(NCCc2ccc(F)cc2)n1. The van der Waals surface area contributed by atoms with Crippen LogP contribution in [-0.4, -0.2) is 21.5 Å². The Labute approximate surface area is 146 Å². The summed E-state index contributed by atoms with van der Waals surface area (Å²) in [6.07, 6.45) is 2.54. The molecule has 1 aromatic carbocycles. The fourth-order valence-corrected chi connectivity index (χ4v) is 2.39. The van der Waals surface area contributed by atoms with Gasteiger partial charge in [0.25, 0.3) is 0 Å². The third kappa shape index (κ3) is 5.24. The third-order valence-electron chi connectivity index (χ3n) is 3.64. The zero-order valence-electron chi connectivity index (χ0n) is 14.0. The maximum absolute atomic E-state index is 12.9. The first-order valence-corrected chi connectivity index (χ1v) is 8.17. The van der Waals surface area contributed by atoms with Crippen molar-refractivity contribution in [3.63, 3.8) is 0 Å². The lowest BCUT2D eigenvalue weighted by Gasteiger charge is -2.10. The van der Waals surface area contributed by atoms with E-state index in [4.69, 9.17) is 0 Å². The molecule has 0 amide bonds. The number of halogens is 1. The number of rotatable bonds is 7. The molecule has 3 aromatic rings. The van der Waals surface area contributed by atoms with E-state index in [0.29, 0.717) is 19.0 Å². The minimum Gasteiger partial charge on any atom is -0.364 e. The number of anilines is 2. The molecule has 2 heterocycles. The predicted octanol–water partition coefficient (Wildman–Crippen LogP) is 3.59. The summed E-state index contributed by atoms with van der Waals surface area (Å²) in [5.74, 6) is 1.11. The Hall–Kier alpha value is -3.02. The minimum atomic E-state index is -0.220. The van der Waals surface area contributed by atoms with Crippen LogP contribution in [0.15, 0.2) is 54.7 Å². The highest BCUT2D eigenvalue weighted by molar-refractivity contribution is 5.42. The van der Waals surface area contributed by atoms with E-state index >= 15 is 0 Å². The molecule has 0 aliphatic carbocycles. The van der Waals surface area contributed by atoms with Crippen molar-refractivity contribution in [1.82, 2.24) is 15.0 Å². The van der Waals surface area contributed by atoms with E-state index in [9.17, 15) is 4.39 Å². The van der Waals surface area contributed by atoms with Gasteiger partial charge in [0.1, 0.15) is 11.6 Å². The van der Waals surface area contributed by atoms with Gasteiger partial charge in [0.15, 0.2) is 0 Å². The van der Waals surface area contributed by atoms with Crippen molar-refractivity contribution in [2.75, 3.05) is 17.2 Å². The second kappa shape index (κ2) is 8.19. The second-order valence-electron chi connectivity index (χ2n) is 5.70. The third-order valence-corrected chi connectivity index (χ3v) is 3.64. The molecule has 0 saturated carbocycles. The summed E-state index contributed by atoms with van der Waals surface area (Å²) < 4.78 is 12.9. The molecule has 0 aliphatic heterocycles.